The van der Waals surface area contributed by atoms with Gasteiger partial charge in [0.25, 0.3) is 0 Å². The minimum atomic E-state index is -0.301. The monoisotopic (exact) mass is 334 g/mol. The van der Waals surface area contributed by atoms with Crippen molar-refractivity contribution in [2.75, 3.05) is 13.1 Å². The third kappa shape index (κ3) is 6.98. The predicted octanol–water partition coefficient (Wildman–Crippen LogP) is 2.11. The molecule has 0 spiro atoms. The summed E-state index contributed by atoms with van der Waals surface area (Å²) < 4.78 is 12.8. The van der Waals surface area contributed by atoms with Crippen molar-refractivity contribution in [3.8, 4) is 0 Å². The molecule has 5 nitrogen and oxygen atoms in total. The van der Waals surface area contributed by atoms with Crippen LogP contribution in [-0.2, 0) is 11.2 Å². The van der Waals surface area contributed by atoms with Crippen molar-refractivity contribution >= 4 is 11.9 Å². The molecule has 4 N–H and O–H groups in total. The summed E-state index contributed by atoms with van der Waals surface area (Å²) in [6, 6.07) is 6.35. The number of nitrogens with one attached hydrogen (secondary N) is 2. The van der Waals surface area contributed by atoms with Crippen LogP contribution in [-0.4, -0.2) is 31.0 Å². The molecule has 0 saturated heterocycles. The highest BCUT2D eigenvalue weighted by Crippen LogP contribution is 2.16. The van der Waals surface area contributed by atoms with Crippen LogP contribution in [0.5, 0.6) is 0 Å². The average molecular weight is 334 g/mol. The highest BCUT2D eigenvalue weighted by molar-refractivity contribution is 5.79. The van der Waals surface area contributed by atoms with Crippen LogP contribution >= 0.6 is 0 Å². The summed E-state index contributed by atoms with van der Waals surface area (Å²) in [6.07, 6.45) is 7.61. The van der Waals surface area contributed by atoms with Crippen molar-refractivity contribution in [1.29, 1.82) is 0 Å². The molecule has 6 heteroatoms. The summed E-state index contributed by atoms with van der Waals surface area (Å²) in [6.45, 7) is 0.883. The summed E-state index contributed by atoms with van der Waals surface area (Å²) >= 11 is 0. The van der Waals surface area contributed by atoms with Crippen molar-refractivity contribution in [3.05, 3.63) is 35.6 Å². The van der Waals surface area contributed by atoms with Gasteiger partial charge in [-0.3, -0.25) is 9.79 Å². The van der Waals surface area contributed by atoms with Gasteiger partial charge in [0.15, 0.2) is 5.96 Å². The van der Waals surface area contributed by atoms with E-state index in [1.807, 2.05) is 0 Å². The Labute approximate surface area is 142 Å². The predicted molar refractivity (Wildman–Crippen MR) is 94.2 cm³/mol. The number of rotatable bonds is 6. The number of carbonyl (C=O) groups is 1. The quantitative estimate of drug-likeness (QED) is 0.323. The van der Waals surface area contributed by atoms with Gasteiger partial charge < -0.3 is 16.4 Å². The third-order valence-electron chi connectivity index (χ3n) is 4.20. The Bertz CT molecular complexity index is 536. The fraction of sp³-hybridized carbons (Fsp3) is 0.556. The molecule has 0 heterocycles. The Hall–Kier alpha value is -2.11. The SMILES string of the molecule is NC(=NCCNC(=O)Cc1ccc(F)cc1)NC1CCCCCC1. The summed E-state index contributed by atoms with van der Waals surface area (Å²) in [7, 11) is 0. The fourth-order valence-corrected chi connectivity index (χ4v) is 2.90. The van der Waals surface area contributed by atoms with E-state index in [1.54, 1.807) is 12.1 Å². The molecular formula is C18H27FN4O. The summed E-state index contributed by atoms with van der Waals surface area (Å²) in [5, 5.41) is 6.06. The van der Waals surface area contributed by atoms with Crippen LogP contribution in [0.2, 0.25) is 0 Å². The molecular weight excluding hydrogens is 307 g/mol. The maximum Gasteiger partial charge on any atom is 0.224 e. The van der Waals surface area contributed by atoms with Crippen molar-refractivity contribution in [2.24, 2.45) is 10.7 Å². The lowest BCUT2D eigenvalue weighted by molar-refractivity contribution is -0.120. The average Bonchev–Trinajstić information content (AvgIpc) is 2.82. The first-order chi connectivity index (χ1) is 11.6. The lowest BCUT2D eigenvalue weighted by Gasteiger charge is -2.16. The zero-order chi connectivity index (χ0) is 17.2. The minimum absolute atomic E-state index is 0.105. The Morgan fingerprint density at radius 2 is 1.83 bits per heavy atom. The van der Waals surface area contributed by atoms with Crippen molar-refractivity contribution in [3.63, 3.8) is 0 Å². The molecule has 0 aliphatic heterocycles. The maximum absolute atomic E-state index is 12.8. The highest BCUT2D eigenvalue weighted by Gasteiger charge is 2.12. The standard InChI is InChI=1S/C18H27FN4O/c19-15-9-7-14(8-10-15)13-17(24)21-11-12-22-18(20)23-16-5-3-1-2-4-6-16/h7-10,16H,1-6,11-13H2,(H,21,24)(H3,20,22,23). The van der Waals surface area contributed by atoms with Crippen LogP contribution in [0.3, 0.4) is 0 Å². The van der Waals surface area contributed by atoms with Crippen LogP contribution < -0.4 is 16.4 Å². The Balaban J connectivity index is 1.63. The molecule has 0 aromatic heterocycles. The fourth-order valence-electron chi connectivity index (χ4n) is 2.90. The number of nitrogens with two attached hydrogens (primary N) is 1. The highest BCUT2D eigenvalue weighted by atomic mass is 19.1. The van der Waals surface area contributed by atoms with Gasteiger partial charge in [-0.15, -0.1) is 0 Å². The number of guanidine groups is 1. The molecule has 0 unspecified atom stereocenters. The zero-order valence-corrected chi connectivity index (χ0v) is 14.1. The van der Waals surface area contributed by atoms with E-state index >= 15 is 0 Å². The molecule has 0 radical (unpaired) electrons. The van der Waals surface area contributed by atoms with Crippen LogP contribution in [0, 0.1) is 5.82 Å². The van der Waals surface area contributed by atoms with E-state index < -0.39 is 0 Å². The summed E-state index contributed by atoms with van der Waals surface area (Å²) in [5.74, 6) is 0.0481. The Morgan fingerprint density at radius 1 is 1.17 bits per heavy atom. The number of hydrogen-bond donors (Lipinski definition) is 3. The second kappa shape index (κ2) is 9.90. The second-order valence-electron chi connectivity index (χ2n) is 6.25. The number of nitrogens with zero attached hydrogens (tertiary/aromatic N) is 1. The van der Waals surface area contributed by atoms with Crippen LogP contribution in [0.4, 0.5) is 4.39 Å². The largest absolute Gasteiger partial charge is 0.370 e. The number of carbonyl (C=O) groups excluding carboxylic acids is 1. The van der Waals surface area contributed by atoms with Gasteiger partial charge in [-0.05, 0) is 30.5 Å². The molecule has 1 aromatic rings. The Morgan fingerprint density at radius 3 is 2.50 bits per heavy atom. The van der Waals surface area contributed by atoms with E-state index in [0.717, 1.165) is 18.4 Å². The maximum atomic E-state index is 12.8. The Kier molecular flexibility index (Phi) is 7.52. The molecule has 0 bridgehead atoms. The van der Waals surface area contributed by atoms with Crippen molar-refractivity contribution in [2.45, 2.75) is 51.0 Å². The number of amides is 1. The molecule has 1 fully saturated rings. The van der Waals surface area contributed by atoms with Crippen molar-refractivity contribution in [1.82, 2.24) is 10.6 Å². The van der Waals surface area contributed by atoms with Gasteiger partial charge in [0.05, 0.1) is 13.0 Å². The van der Waals surface area contributed by atoms with E-state index in [-0.39, 0.29) is 18.1 Å². The molecule has 1 amide bonds. The topological polar surface area (TPSA) is 79.5 Å². The normalized spacial score (nSPS) is 16.5. The van der Waals surface area contributed by atoms with Gasteiger partial charge in [-0.1, -0.05) is 37.8 Å². The van der Waals surface area contributed by atoms with E-state index in [0.29, 0.717) is 25.1 Å². The van der Waals surface area contributed by atoms with Gasteiger partial charge in [0, 0.05) is 12.6 Å². The third-order valence-corrected chi connectivity index (χ3v) is 4.20. The first kappa shape index (κ1) is 18.2. The smallest absolute Gasteiger partial charge is 0.224 e. The van der Waals surface area contributed by atoms with E-state index in [9.17, 15) is 9.18 Å². The lowest BCUT2D eigenvalue weighted by atomic mass is 10.1. The van der Waals surface area contributed by atoms with Crippen LogP contribution in [0.15, 0.2) is 29.3 Å². The molecule has 0 atom stereocenters. The zero-order valence-electron chi connectivity index (χ0n) is 14.1. The van der Waals surface area contributed by atoms with Gasteiger partial charge in [-0.25, -0.2) is 4.39 Å². The first-order valence-electron chi connectivity index (χ1n) is 8.71. The number of hydrogen-bond acceptors (Lipinski definition) is 2. The number of benzene rings is 1. The van der Waals surface area contributed by atoms with Crippen LogP contribution in [0.25, 0.3) is 0 Å². The number of halogens is 1. The molecule has 1 aliphatic rings. The molecule has 1 saturated carbocycles. The summed E-state index contributed by atoms with van der Waals surface area (Å²) in [4.78, 5) is 16.1. The van der Waals surface area contributed by atoms with Gasteiger partial charge in [0.2, 0.25) is 5.91 Å². The van der Waals surface area contributed by atoms with Crippen molar-refractivity contribution < 1.29 is 9.18 Å². The summed E-state index contributed by atoms with van der Waals surface area (Å²) in [5.41, 5.74) is 6.69. The molecule has 2 rings (SSSR count). The minimum Gasteiger partial charge on any atom is -0.370 e. The molecule has 24 heavy (non-hydrogen) atoms. The second-order valence-corrected chi connectivity index (χ2v) is 6.25. The number of aliphatic imine (C=N–C) groups is 1. The van der Waals surface area contributed by atoms with E-state index in [2.05, 4.69) is 15.6 Å². The van der Waals surface area contributed by atoms with E-state index in [4.69, 9.17) is 5.73 Å². The van der Waals surface area contributed by atoms with Gasteiger partial charge in [-0.2, -0.15) is 0 Å². The lowest BCUT2D eigenvalue weighted by Crippen LogP contribution is -2.40. The molecule has 132 valence electrons. The van der Waals surface area contributed by atoms with E-state index in [1.165, 1.54) is 37.8 Å². The molecule has 1 aromatic carbocycles. The van der Waals surface area contributed by atoms with Gasteiger partial charge in [0.1, 0.15) is 5.82 Å². The van der Waals surface area contributed by atoms with Gasteiger partial charge >= 0.3 is 0 Å². The first-order valence-corrected chi connectivity index (χ1v) is 8.71. The molecule has 1 aliphatic carbocycles. The van der Waals surface area contributed by atoms with Crippen LogP contribution in [0.1, 0.15) is 44.1 Å².